The second-order valence-electron chi connectivity index (χ2n) is 6.39. The normalized spacial score (nSPS) is 19.8. The molecule has 4 nitrogen and oxygen atoms in total. The number of rotatable bonds is 5. The van der Waals surface area contributed by atoms with Crippen LogP contribution in [0.5, 0.6) is 5.88 Å². The first kappa shape index (κ1) is 18.6. The summed E-state index contributed by atoms with van der Waals surface area (Å²) in [6, 6.07) is 6.73. The fourth-order valence-electron chi connectivity index (χ4n) is 3.04. The van der Waals surface area contributed by atoms with Crippen LogP contribution in [0.15, 0.2) is 36.5 Å². The van der Waals surface area contributed by atoms with Gasteiger partial charge in [-0.2, -0.15) is 0 Å². The number of hydrogen-bond acceptors (Lipinski definition) is 3. The molecule has 2 aromatic rings. The number of benzene rings is 1. The molecule has 0 radical (unpaired) electrons. The number of pyridine rings is 1. The Labute approximate surface area is 155 Å². The van der Waals surface area contributed by atoms with E-state index < -0.39 is 11.6 Å². The van der Waals surface area contributed by atoms with Gasteiger partial charge in [-0.05, 0) is 43.4 Å². The number of aromatic nitrogens is 1. The van der Waals surface area contributed by atoms with Crippen LogP contribution in [0.2, 0.25) is 5.02 Å². The molecule has 1 N–H and O–H groups in total. The summed E-state index contributed by atoms with van der Waals surface area (Å²) < 4.78 is 32.3. The Hall–Kier alpha value is -2.21. The van der Waals surface area contributed by atoms with Gasteiger partial charge in [-0.1, -0.05) is 17.7 Å². The van der Waals surface area contributed by atoms with Crippen LogP contribution >= 0.6 is 11.6 Å². The van der Waals surface area contributed by atoms with Gasteiger partial charge in [-0.25, -0.2) is 13.8 Å². The van der Waals surface area contributed by atoms with E-state index in [0.29, 0.717) is 10.9 Å². The van der Waals surface area contributed by atoms with Gasteiger partial charge >= 0.3 is 0 Å². The SMILES string of the molecule is O=C(Cc1ccc(F)cc1F)NC1CCC(Oc2ccc(Cl)cn2)CC1. The fraction of sp³-hybridized carbons (Fsp3) is 0.368. The highest BCUT2D eigenvalue weighted by molar-refractivity contribution is 6.30. The zero-order valence-corrected chi connectivity index (χ0v) is 14.8. The predicted molar refractivity (Wildman–Crippen MR) is 94.1 cm³/mol. The van der Waals surface area contributed by atoms with Gasteiger partial charge in [0.25, 0.3) is 0 Å². The molecule has 0 unspecified atom stereocenters. The van der Waals surface area contributed by atoms with E-state index in [9.17, 15) is 13.6 Å². The number of halogens is 3. The number of nitrogens with zero attached hydrogens (tertiary/aromatic N) is 1. The second kappa shape index (κ2) is 8.45. The fourth-order valence-corrected chi connectivity index (χ4v) is 3.16. The van der Waals surface area contributed by atoms with Gasteiger partial charge in [-0.15, -0.1) is 0 Å². The zero-order chi connectivity index (χ0) is 18.5. The number of carbonyl (C=O) groups excluding carboxylic acids is 1. The number of hydrogen-bond donors (Lipinski definition) is 1. The minimum atomic E-state index is -0.701. The lowest BCUT2D eigenvalue weighted by Gasteiger charge is -2.29. The van der Waals surface area contributed by atoms with Gasteiger partial charge in [0.05, 0.1) is 11.4 Å². The molecule has 1 aliphatic rings. The average molecular weight is 381 g/mol. The lowest BCUT2D eigenvalue weighted by atomic mass is 9.92. The quantitative estimate of drug-likeness (QED) is 0.851. The summed E-state index contributed by atoms with van der Waals surface area (Å²) in [5.41, 5.74) is 0.190. The molecule has 0 bridgehead atoms. The van der Waals surface area contributed by atoms with Crippen molar-refractivity contribution < 1.29 is 18.3 Å². The van der Waals surface area contributed by atoms with E-state index in [1.807, 2.05) is 0 Å². The van der Waals surface area contributed by atoms with E-state index >= 15 is 0 Å². The largest absolute Gasteiger partial charge is 0.474 e. The molecule has 1 saturated carbocycles. The Morgan fingerprint density at radius 2 is 1.96 bits per heavy atom. The number of nitrogens with one attached hydrogen (secondary N) is 1. The standard InChI is InChI=1S/C19H19ClF2N2O2/c20-13-2-8-19(23-11-13)26-16-6-4-15(5-7-16)24-18(25)9-12-1-3-14(21)10-17(12)22/h1-3,8,10-11,15-16H,4-7,9H2,(H,24,25). The van der Waals surface area contributed by atoms with Gasteiger partial charge in [0.2, 0.25) is 11.8 Å². The highest BCUT2D eigenvalue weighted by Crippen LogP contribution is 2.23. The summed E-state index contributed by atoms with van der Waals surface area (Å²) >= 11 is 5.80. The molecular formula is C19H19ClF2N2O2. The summed E-state index contributed by atoms with van der Waals surface area (Å²) in [6.45, 7) is 0. The van der Waals surface area contributed by atoms with Crippen molar-refractivity contribution in [3.63, 3.8) is 0 Å². The highest BCUT2D eigenvalue weighted by Gasteiger charge is 2.24. The van der Waals surface area contributed by atoms with E-state index in [2.05, 4.69) is 10.3 Å². The molecule has 1 amide bonds. The molecule has 0 atom stereocenters. The molecule has 1 heterocycles. The van der Waals surface area contributed by atoms with Crippen LogP contribution in [0.25, 0.3) is 0 Å². The third kappa shape index (κ3) is 5.14. The van der Waals surface area contributed by atoms with Crippen molar-refractivity contribution >= 4 is 17.5 Å². The van der Waals surface area contributed by atoms with Crippen molar-refractivity contribution in [3.8, 4) is 5.88 Å². The van der Waals surface area contributed by atoms with Crippen LogP contribution in [0, 0.1) is 11.6 Å². The van der Waals surface area contributed by atoms with E-state index in [4.69, 9.17) is 16.3 Å². The number of carbonyl (C=O) groups is 1. The average Bonchev–Trinajstić information content (AvgIpc) is 2.61. The molecule has 1 aliphatic carbocycles. The monoisotopic (exact) mass is 380 g/mol. The van der Waals surface area contributed by atoms with Gasteiger partial charge in [-0.3, -0.25) is 4.79 Å². The first-order valence-electron chi connectivity index (χ1n) is 8.51. The lowest BCUT2D eigenvalue weighted by molar-refractivity contribution is -0.121. The maximum Gasteiger partial charge on any atom is 0.224 e. The zero-order valence-electron chi connectivity index (χ0n) is 14.1. The van der Waals surface area contributed by atoms with Crippen LogP contribution in [-0.4, -0.2) is 23.0 Å². The van der Waals surface area contributed by atoms with Crippen LogP contribution in [-0.2, 0) is 11.2 Å². The van der Waals surface area contributed by atoms with E-state index in [0.717, 1.165) is 37.8 Å². The predicted octanol–water partition coefficient (Wildman–Crippen LogP) is 4.06. The summed E-state index contributed by atoms with van der Waals surface area (Å²) in [6.07, 6.45) is 4.62. The minimum absolute atomic E-state index is 0.0315. The first-order valence-corrected chi connectivity index (χ1v) is 8.89. The molecule has 3 rings (SSSR count). The smallest absolute Gasteiger partial charge is 0.224 e. The molecular weight excluding hydrogens is 362 g/mol. The molecule has 0 spiro atoms. The van der Waals surface area contributed by atoms with Crippen LogP contribution in [0.4, 0.5) is 8.78 Å². The Kier molecular flexibility index (Phi) is 6.04. The molecule has 1 fully saturated rings. The molecule has 0 saturated heterocycles. The van der Waals surface area contributed by atoms with Gasteiger partial charge in [0.15, 0.2) is 0 Å². The summed E-state index contributed by atoms with van der Waals surface area (Å²) in [7, 11) is 0. The van der Waals surface area contributed by atoms with E-state index in [-0.39, 0.29) is 30.0 Å². The van der Waals surface area contributed by atoms with Crippen molar-refractivity contribution in [2.45, 2.75) is 44.2 Å². The molecule has 26 heavy (non-hydrogen) atoms. The summed E-state index contributed by atoms with van der Waals surface area (Å²) in [4.78, 5) is 16.2. The van der Waals surface area contributed by atoms with Crippen molar-refractivity contribution in [2.24, 2.45) is 0 Å². The van der Waals surface area contributed by atoms with Crippen molar-refractivity contribution in [1.82, 2.24) is 10.3 Å². The van der Waals surface area contributed by atoms with Crippen LogP contribution in [0.3, 0.4) is 0 Å². The summed E-state index contributed by atoms with van der Waals surface area (Å²) in [5.74, 6) is -1.08. The molecule has 1 aromatic heterocycles. The Balaban J connectivity index is 1.44. The Morgan fingerprint density at radius 1 is 1.19 bits per heavy atom. The van der Waals surface area contributed by atoms with Crippen molar-refractivity contribution in [3.05, 3.63) is 58.7 Å². The van der Waals surface area contributed by atoms with E-state index in [1.165, 1.54) is 12.3 Å². The first-order chi connectivity index (χ1) is 12.5. The molecule has 7 heteroatoms. The van der Waals surface area contributed by atoms with Gasteiger partial charge in [0.1, 0.15) is 17.7 Å². The van der Waals surface area contributed by atoms with Gasteiger partial charge < -0.3 is 10.1 Å². The topological polar surface area (TPSA) is 51.2 Å². The maximum atomic E-state index is 13.6. The minimum Gasteiger partial charge on any atom is -0.474 e. The Morgan fingerprint density at radius 3 is 2.62 bits per heavy atom. The van der Waals surface area contributed by atoms with Crippen LogP contribution in [0.1, 0.15) is 31.2 Å². The second-order valence-corrected chi connectivity index (χ2v) is 6.82. The van der Waals surface area contributed by atoms with Crippen LogP contribution < -0.4 is 10.1 Å². The number of ether oxygens (including phenoxy) is 1. The maximum absolute atomic E-state index is 13.6. The third-order valence-electron chi connectivity index (χ3n) is 4.39. The molecule has 0 aliphatic heterocycles. The van der Waals surface area contributed by atoms with Crippen molar-refractivity contribution in [1.29, 1.82) is 0 Å². The lowest BCUT2D eigenvalue weighted by Crippen LogP contribution is -2.40. The highest BCUT2D eigenvalue weighted by atomic mass is 35.5. The third-order valence-corrected chi connectivity index (χ3v) is 4.62. The van der Waals surface area contributed by atoms with E-state index in [1.54, 1.807) is 12.1 Å². The number of amides is 1. The Bertz CT molecular complexity index is 763. The summed E-state index contributed by atoms with van der Waals surface area (Å²) in [5, 5.41) is 3.47. The van der Waals surface area contributed by atoms with Crippen molar-refractivity contribution in [2.75, 3.05) is 0 Å². The molecule has 1 aromatic carbocycles. The molecule has 138 valence electrons. The van der Waals surface area contributed by atoms with Gasteiger partial charge in [0, 0.05) is 24.4 Å².